The first-order valence-electron chi connectivity index (χ1n) is 10.4. The van der Waals surface area contributed by atoms with Crippen LogP contribution >= 0.6 is 15.9 Å². The molecule has 0 bridgehead atoms. The Kier molecular flexibility index (Phi) is 6.07. The first-order chi connectivity index (χ1) is 15.3. The van der Waals surface area contributed by atoms with E-state index in [1.165, 1.54) is 11.2 Å². The Morgan fingerprint density at radius 1 is 1.12 bits per heavy atom. The molecule has 1 fully saturated rings. The number of ketones is 1. The van der Waals surface area contributed by atoms with Crippen molar-refractivity contribution < 1.29 is 19.1 Å². The Balaban J connectivity index is 1.86. The molecule has 6 heteroatoms. The van der Waals surface area contributed by atoms with Gasteiger partial charge in [0, 0.05) is 10.0 Å². The van der Waals surface area contributed by atoms with Crippen LogP contribution in [0.4, 0.5) is 0 Å². The summed E-state index contributed by atoms with van der Waals surface area (Å²) >= 11 is 3.46. The summed E-state index contributed by atoms with van der Waals surface area (Å²) in [5, 5.41) is 11.2. The maximum atomic E-state index is 13.1. The Hall–Kier alpha value is -3.12. The highest BCUT2D eigenvalue weighted by Gasteiger charge is 2.46. The van der Waals surface area contributed by atoms with E-state index in [2.05, 4.69) is 29.8 Å². The quantitative estimate of drug-likeness (QED) is 0.265. The predicted octanol–water partition coefficient (Wildman–Crippen LogP) is 6.10. The van der Waals surface area contributed by atoms with Crippen LogP contribution in [0, 0.1) is 6.92 Å². The van der Waals surface area contributed by atoms with Gasteiger partial charge >= 0.3 is 0 Å². The van der Waals surface area contributed by atoms with E-state index in [1.807, 2.05) is 37.3 Å². The van der Waals surface area contributed by atoms with Crippen LogP contribution in [0.2, 0.25) is 0 Å². The zero-order valence-electron chi connectivity index (χ0n) is 18.1. The second-order valence-electron chi connectivity index (χ2n) is 8.29. The van der Waals surface area contributed by atoms with E-state index in [0.717, 1.165) is 21.2 Å². The lowest BCUT2D eigenvalue weighted by Crippen LogP contribution is -2.29. The maximum Gasteiger partial charge on any atom is 0.296 e. The molecular weight excluding hydrogens is 470 g/mol. The molecule has 0 aliphatic carbocycles. The number of likely N-dealkylation sites (tertiary alicyclic amines) is 1. The van der Waals surface area contributed by atoms with Gasteiger partial charge in [-0.3, -0.25) is 9.59 Å². The van der Waals surface area contributed by atoms with Gasteiger partial charge in [-0.1, -0.05) is 60.1 Å². The number of halogens is 1. The highest BCUT2D eigenvalue weighted by atomic mass is 79.9. The SMILES string of the molecule is Cc1cc(/C(O)=C2/C(=O)C(=O)N(Cc3ccco3)C2c2ccc(C(C)C)cc2)ccc1Br. The van der Waals surface area contributed by atoms with Crippen LogP contribution in [-0.2, 0) is 16.1 Å². The van der Waals surface area contributed by atoms with Gasteiger partial charge in [-0.05, 0) is 53.8 Å². The van der Waals surface area contributed by atoms with Gasteiger partial charge < -0.3 is 14.4 Å². The second kappa shape index (κ2) is 8.79. The van der Waals surface area contributed by atoms with E-state index in [4.69, 9.17) is 4.42 Å². The van der Waals surface area contributed by atoms with E-state index in [9.17, 15) is 14.7 Å². The lowest BCUT2D eigenvalue weighted by atomic mass is 9.93. The van der Waals surface area contributed by atoms with Crippen molar-refractivity contribution in [3.05, 3.63) is 98.9 Å². The van der Waals surface area contributed by atoms with Crippen molar-refractivity contribution in [1.82, 2.24) is 4.90 Å². The molecule has 1 aliphatic heterocycles. The maximum absolute atomic E-state index is 13.1. The standard InChI is InChI=1S/C26H24BrNO4/c1-15(2)17-6-8-18(9-7-17)23-22(24(29)19-10-11-21(27)16(3)13-19)25(30)26(31)28(23)14-20-5-4-12-32-20/h4-13,15,23,29H,14H2,1-3H3/b24-22-. The highest BCUT2D eigenvalue weighted by molar-refractivity contribution is 9.10. The van der Waals surface area contributed by atoms with E-state index in [0.29, 0.717) is 17.2 Å². The minimum absolute atomic E-state index is 0.0839. The number of rotatable bonds is 5. The van der Waals surface area contributed by atoms with E-state index >= 15 is 0 Å². The number of nitrogens with zero attached hydrogens (tertiary/aromatic N) is 1. The number of aliphatic hydroxyl groups excluding tert-OH is 1. The molecule has 32 heavy (non-hydrogen) atoms. The molecule has 1 aliphatic rings. The number of furan rings is 1. The van der Waals surface area contributed by atoms with Gasteiger partial charge in [0.05, 0.1) is 24.4 Å². The van der Waals surface area contributed by atoms with Crippen LogP contribution in [-0.4, -0.2) is 21.7 Å². The number of aliphatic hydroxyl groups is 1. The summed E-state index contributed by atoms with van der Waals surface area (Å²) in [5.41, 5.74) is 3.40. The molecule has 1 unspecified atom stereocenters. The van der Waals surface area contributed by atoms with Crippen LogP contribution in [0.25, 0.3) is 5.76 Å². The second-order valence-corrected chi connectivity index (χ2v) is 9.15. The number of carbonyl (C=O) groups is 2. The van der Waals surface area contributed by atoms with Crippen molar-refractivity contribution >= 4 is 33.4 Å². The van der Waals surface area contributed by atoms with Gasteiger partial charge in [0.15, 0.2) is 0 Å². The van der Waals surface area contributed by atoms with Gasteiger partial charge in [-0.25, -0.2) is 0 Å². The van der Waals surface area contributed by atoms with Gasteiger partial charge in [-0.2, -0.15) is 0 Å². The minimum atomic E-state index is -0.717. The third kappa shape index (κ3) is 4.02. The first-order valence-corrected chi connectivity index (χ1v) is 11.2. The monoisotopic (exact) mass is 493 g/mol. The summed E-state index contributed by atoms with van der Waals surface area (Å²) in [6, 6.07) is 15.9. The Morgan fingerprint density at radius 2 is 1.84 bits per heavy atom. The molecule has 0 radical (unpaired) electrons. The van der Waals surface area contributed by atoms with E-state index in [1.54, 1.807) is 24.3 Å². The molecule has 0 saturated carbocycles. The number of aryl methyl sites for hydroxylation is 1. The summed E-state index contributed by atoms with van der Waals surface area (Å²) in [6.45, 7) is 6.24. The van der Waals surface area contributed by atoms with Gasteiger partial charge in [0.2, 0.25) is 0 Å². The van der Waals surface area contributed by atoms with Crippen LogP contribution in [0.15, 0.2) is 75.3 Å². The molecule has 4 rings (SSSR count). The zero-order chi connectivity index (χ0) is 23.0. The summed E-state index contributed by atoms with van der Waals surface area (Å²) in [4.78, 5) is 27.6. The molecular formula is C26H24BrNO4. The molecule has 1 amide bonds. The molecule has 3 aromatic rings. The predicted molar refractivity (Wildman–Crippen MR) is 126 cm³/mol. The third-order valence-corrected chi connectivity index (χ3v) is 6.69. The number of hydrogen-bond acceptors (Lipinski definition) is 4. The average molecular weight is 494 g/mol. The minimum Gasteiger partial charge on any atom is -0.507 e. The van der Waals surface area contributed by atoms with Gasteiger partial charge in [0.1, 0.15) is 11.5 Å². The summed E-state index contributed by atoms with van der Waals surface area (Å²) in [6.07, 6.45) is 1.53. The molecule has 164 valence electrons. The number of hydrogen-bond donors (Lipinski definition) is 1. The smallest absolute Gasteiger partial charge is 0.296 e. The summed E-state index contributed by atoms with van der Waals surface area (Å²) in [7, 11) is 0. The van der Waals surface area contributed by atoms with Crippen molar-refractivity contribution in [2.75, 3.05) is 0 Å². The van der Waals surface area contributed by atoms with Crippen molar-refractivity contribution in [2.45, 2.75) is 39.3 Å². The number of amides is 1. The van der Waals surface area contributed by atoms with E-state index in [-0.39, 0.29) is 17.9 Å². The number of Topliss-reactive ketones (excluding diaryl/α,β-unsaturated/α-hetero) is 1. The van der Waals surface area contributed by atoms with Crippen molar-refractivity contribution in [2.24, 2.45) is 0 Å². The molecule has 2 aromatic carbocycles. The Bertz CT molecular complexity index is 1190. The number of carbonyl (C=O) groups excluding carboxylic acids is 2. The van der Waals surface area contributed by atoms with Crippen LogP contribution in [0.1, 0.15) is 53.8 Å². The Morgan fingerprint density at radius 3 is 2.44 bits per heavy atom. The van der Waals surface area contributed by atoms with Crippen LogP contribution in [0.3, 0.4) is 0 Å². The molecule has 1 N–H and O–H groups in total. The van der Waals surface area contributed by atoms with Crippen molar-refractivity contribution in [1.29, 1.82) is 0 Å². The normalized spacial score (nSPS) is 18.0. The molecule has 0 spiro atoms. The fourth-order valence-electron chi connectivity index (χ4n) is 3.97. The average Bonchev–Trinajstić information content (AvgIpc) is 3.37. The first kappa shape index (κ1) is 22.1. The van der Waals surface area contributed by atoms with Crippen LogP contribution in [0.5, 0.6) is 0 Å². The third-order valence-electron chi connectivity index (χ3n) is 5.80. The fourth-order valence-corrected chi connectivity index (χ4v) is 4.22. The molecule has 1 saturated heterocycles. The lowest BCUT2D eigenvalue weighted by Gasteiger charge is -2.25. The van der Waals surface area contributed by atoms with E-state index < -0.39 is 17.7 Å². The Labute approximate surface area is 195 Å². The fraction of sp³-hybridized carbons (Fsp3) is 0.231. The molecule has 5 nitrogen and oxygen atoms in total. The topological polar surface area (TPSA) is 70.8 Å². The van der Waals surface area contributed by atoms with Gasteiger partial charge in [0.25, 0.3) is 11.7 Å². The molecule has 2 heterocycles. The molecule has 1 atom stereocenters. The largest absolute Gasteiger partial charge is 0.507 e. The summed E-state index contributed by atoms with van der Waals surface area (Å²) in [5.74, 6) is -0.624. The van der Waals surface area contributed by atoms with Crippen molar-refractivity contribution in [3.8, 4) is 0 Å². The highest BCUT2D eigenvalue weighted by Crippen LogP contribution is 2.41. The zero-order valence-corrected chi connectivity index (χ0v) is 19.7. The van der Waals surface area contributed by atoms with Crippen LogP contribution < -0.4 is 0 Å². The summed E-state index contributed by atoms with van der Waals surface area (Å²) < 4.78 is 6.33. The molecule has 1 aromatic heterocycles. The van der Waals surface area contributed by atoms with Gasteiger partial charge in [-0.15, -0.1) is 0 Å². The van der Waals surface area contributed by atoms with Crippen molar-refractivity contribution in [3.63, 3.8) is 0 Å². The lowest BCUT2D eigenvalue weighted by molar-refractivity contribution is -0.140. The number of benzene rings is 2.